The highest BCUT2D eigenvalue weighted by atomic mass is 16.3. The van der Waals surface area contributed by atoms with Crippen molar-refractivity contribution in [3.05, 3.63) is 60.5 Å². The van der Waals surface area contributed by atoms with Crippen LogP contribution in [0.25, 0.3) is 33.9 Å². The van der Waals surface area contributed by atoms with Crippen molar-refractivity contribution in [1.82, 2.24) is 15.0 Å². The Morgan fingerprint density at radius 3 is 2.71 bits per heavy atom. The molecular formula is C17H13N3O. The lowest BCUT2D eigenvalue weighted by Gasteiger charge is -2.00. The molecule has 0 atom stereocenters. The number of furan rings is 1. The SMILES string of the molecule is Cc1ccc(-c2cccc(-c3nc4ncccc4[nH]3)c2)o1. The molecule has 3 heterocycles. The van der Waals surface area contributed by atoms with Crippen molar-refractivity contribution in [1.29, 1.82) is 0 Å². The lowest BCUT2D eigenvalue weighted by atomic mass is 10.1. The minimum atomic E-state index is 0.728. The number of hydrogen-bond acceptors (Lipinski definition) is 3. The summed E-state index contributed by atoms with van der Waals surface area (Å²) in [6.07, 6.45) is 1.75. The van der Waals surface area contributed by atoms with Gasteiger partial charge in [0, 0.05) is 17.3 Å². The second-order valence-electron chi connectivity index (χ2n) is 4.95. The molecule has 0 aliphatic heterocycles. The predicted octanol–water partition coefficient (Wildman–Crippen LogP) is 4.19. The Morgan fingerprint density at radius 2 is 1.90 bits per heavy atom. The topological polar surface area (TPSA) is 54.7 Å². The van der Waals surface area contributed by atoms with Crippen molar-refractivity contribution in [3.63, 3.8) is 0 Å². The summed E-state index contributed by atoms with van der Waals surface area (Å²) < 4.78 is 5.68. The van der Waals surface area contributed by atoms with Gasteiger partial charge in [0.1, 0.15) is 17.3 Å². The molecule has 0 saturated carbocycles. The molecule has 0 radical (unpaired) electrons. The van der Waals surface area contributed by atoms with E-state index in [-0.39, 0.29) is 0 Å². The van der Waals surface area contributed by atoms with E-state index >= 15 is 0 Å². The molecule has 0 aliphatic rings. The minimum Gasteiger partial charge on any atom is -0.461 e. The quantitative estimate of drug-likeness (QED) is 0.596. The first-order valence-electron chi connectivity index (χ1n) is 6.77. The summed E-state index contributed by atoms with van der Waals surface area (Å²) in [6.45, 7) is 1.94. The molecule has 3 aromatic heterocycles. The summed E-state index contributed by atoms with van der Waals surface area (Å²) in [5, 5.41) is 0. The molecule has 0 aliphatic carbocycles. The third-order valence-electron chi connectivity index (χ3n) is 3.42. The standard InChI is InChI=1S/C17H13N3O/c1-11-7-8-15(21-11)12-4-2-5-13(10-12)16-19-14-6-3-9-18-17(14)20-16/h2-10H,1H3,(H,18,19,20). The minimum absolute atomic E-state index is 0.728. The monoisotopic (exact) mass is 275 g/mol. The number of fused-ring (bicyclic) bond motifs is 1. The van der Waals surface area contributed by atoms with Gasteiger partial charge < -0.3 is 9.40 Å². The summed E-state index contributed by atoms with van der Waals surface area (Å²) in [6, 6.07) is 15.9. The lowest BCUT2D eigenvalue weighted by Crippen LogP contribution is -1.82. The molecule has 1 N–H and O–H groups in total. The van der Waals surface area contributed by atoms with E-state index in [1.165, 1.54) is 0 Å². The van der Waals surface area contributed by atoms with Crippen LogP contribution in [0, 0.1) is 6.92 Å². The normalized spacial score (nSPS) is 11.1. The maximum atomic E-state index is 5.68. The molecular weight excluding hydrogens is 262 g/mol. The smallest absolute Gasteiger partial charge is 0.178 e. The highest BCUT2D eigenvalue weighted by molar-refractivity contribution is 5.77. The van der Waals surface area contributed by atoms with E-state index in [2.05, 4.69) is 21.0 Å². The van der Waals surface area contributed by atoms with Gasteiger partial charge in [0.2, 0.25) is 0 Å². The zero-order chi connectivity index (χ0) is 14.2. The van der Waals surface area contributed by atoms with Crippen LogP contribution in [0.1, 0.15) is 5.76 Å². The van der Waals surface area contributed by atoms with Crippen LogP contribution in [0.4, 0.5) is 0 Å². The van der Waals surface area contributed by atoms with Crippen LogP contribution >= 0.6 is 0 Å². The molecule has 4 heteroatoms. The number of rotatable bonds is 2. The highest BCUT2D eigenvalue weighted by Gasteiger charge is 2.08. The van der Waals surface area contributed by atoms with Gasteiger partial charge in [0.25, 0.3) is 0 Å². The Labute approximate surface area is 121 Å². The fourth-order valence-corrected chi connectivity index (χ4v) is 2.39. The van der Waals surface area contributed by atoms with Gasteiger partial charge in [-0.25, -0.2) is 9.97 Å². The molecule has 0 fully saturated rings. The van der Waals surface area contributed by atoms with Crippen LogP contribution in [0.5, 0.6) is 0 Å². The number of benzene rings is 1. The summed E-state index contributed by atoms with van der Waals surface area (Å²) in [4.78, 5) is 12.1. The molecule has 0 unspecified atom stereocenters. The van der Waals surface area contributed by atoms with Gasteiger partial charge in [-0.15, -0.1) is 0 Å². The van der Waals surface area contributed by atoms with Crippen LogP contribution in [0.3, 0.4) is 0 Å². The lowest BCUT2D eigenvalue weighted by molar-refractivity contribution is 0.548. The average Bonchev–Trinajstić information content (AvgIpc) is 3.13. The van der Waals surface area contributed by atoms with Crippen molar-refractivity contribution in [3.8, 4) is 22.7 Å². The van der Waals surface area contributed by atoms with E-state index in [0.29, 0.717) is 0 Å². The van der Waals surface area contributed by atoms with Gasteiger partial charge in [-0.1, -0.05) is 18.2 Å². The van der Waals surface area contributed by atoms with Gasteiger partial charge in [0.05, 0.1) is 5.52 Å². The van der Waals surface area contributed by atoms with E-state index in [0.717, 1.165) is 39.6 Å². The molecule has 0 spiro atoms. The van der Waals surface area contributed by atoms with Crippen molar-refractivity contribution >= 4 is 11.2 Å². The van der Waals surface area contributed by atoms with E-state index in [1.54, 1.807) is 6.20 Å². The van der Waals surface area contributed by atoms with Gasteiger partial charge in [-0.3, -0.25) is 0 Å². The molecule has 0 saturated heterocycles. The van der Waals surface area contributed by atoms with Crippen LogP contribution in [0.2, 0.25) is 0 Å². The van der Waals surface area contributed by atoms with Crippen molar-refractivity contribution < 1.29 is 4.42 Å². The van der Waals surface area contributed by atoms with E-state index in [1.807, 2.05) is 49.4 Å². The van der Waals surface area contributed by atoms with Crippen LogP contribution < -0.4 is 0 Å². The number of hydrogen-bond donors (Lipinski definition) is 1. The summed E-state index contributed by atoms with van der Waals surface area (Å²) in [5.74, 6) is 2.58. The summed E-state index contributed by atoms with van der Waals surface area (Å²) in [7, 11) is 0. The Balaban J connectivity index is 1.81. The van der Waals surface area contributed by atoms with E-state index < -0.39 is 0 Å². The molecule has 21 heavy (non-hydrogen) atoms. The van der Waals surface area contributed by atoms with Crippen molar-refractivity contribution in [2.45, 2.75) is 6.92 Å². The van der Waals surface area contributed by atoms with Crippen LogP contribution in [-0.2, 0) is 0 Å². The number of imidazole rings is 1. The van der Waals surface area contributed by atoms with Gasteiger partial charge >= 0.3 is 0 Å². The second-order valence-corrected chi connectivity index (χ2v) is 4.95. The summed E-state index contributed by atoms with van der Waals surface area (Å²) >= 11 is 0. The number of pyridine rings is 1. The maximum absolute atomic E-state index is 5.68. The number of nitrogens with one attached hydrogen (secondary N) is 1. The number of nitrogens with zero attached hydrogens (tertiary/aromatic N) is 2. The molecule has 102 valence electrons. The second kappa shape index (κ2) is 4.59. The highest BCUT2D eigenvalue weighted by Crippen LogP contribution is 2.27. The van der Waals surface area contributed by atoms with Crippen LogP contribution in [-0.4, -0.2) is 15.0 Å². The number of aromatic amines is 1. The van der Waals surface area contributed by atoms with Crippen LogP contribution in [0.15, 0.2) is 59.1 Å². The maximum Gasteiger partial charge on any atom is 0.178 e. The third-order valence-corrected chi connectivity index (χ3v) is 3.42. The Kier molecular flexibility index (Phi) is 2.60. The van der Waals surface area contributed by atoms with Gasteiger partial charge in [-0.2, -0.15) is 0 Å². The Hall–Kier alpha value is -2.88. The molecule has 4 rings (SSSR count). The number of H-pyrrole nitrogens is 1. The first-order valence-corrected chi connectivity index (χ1v) is 6.77. The largest absolute Gasteiger partial charge is 0.461 e. The fraction of sp³-hybridized carbons (Fsp3) is 0.0588. The number of aromatic nitrogens is 3. The predicted molar refractivity (Wildman–Crippen MR) is 81.8 cm³/mol. The van der Waals surface area contributed by atoms with Crippen molar-refractivity contribution in [2.24, 2.45) is 0 Å². The molecule has 4 nitrogen and oxygen atoms in total. The Morgan fingerprint density at radius 1 is 1.00 bits per heavy atom. The molecule has 4 aromatic rings. The molecule has 1 aromatic carbocycles. The van der Waals surface area contributed by atoms with Gasteiger partial charge in [-0.05, 0) is 37.3 Å². The summed E-state index contributed by atoms with van der Waals surface area (Å²) in [5.41, 5.74) is 3.71. The molecule has 0 bridgehead atoms. The first-order chi connectivity index (χ1) is 10.3. The zero-order valence-electron chi connectivity index (χ0n) is 11.5. The third kappa shape index (κ3) is 2.10. The van der Waals surface area contributed by atoms with E-state index in [9.17, 15) is 0 Å². The van der Waals surface area contributed by atoms with Crippen molar-refractivity contribution in [2.75, 3.05) is 0 Å². The molecule has 0 amide bonds. The fourth-order valence-electron chi connectivity index (χ4n) is 2.39. The van der Waals surface area contributed by atoms with Gasteiger partial charge in [0.15, 0.2) is 5.65 Å². The Bertz CT molecular complexity index is 887. The zero-order valence-corrected chi connectivity index (χ0v) is 11.5. The first kappa shape index (κ1) is 11.9. The number of aryl methyl sites for hydroxylation is 1. The average molecular weight is 275 g/mol. The van der Waals surface area contributed by atoms with E-state index in [4.69, 9.17) is 4.42 Å².